The van der Waals surface area contributed by atoms with Gasteiger partial charge in [0.15, 0.2) is 6.10 Å². The maximum Gasteiger partial charge on any atom is 0.335 e. The predicted octanol–water partition coefficient (Wildman–Crippen LogP) is 4.33. The number of esters is 1. The van der Waals surface area contributed by atoms with E-state index >= 15 is 0 Å². The van der Waals surface area contributed by atoms with E-state index in [0.717, 1.165) is 41.9 Å². The first-order valence-electron chi connectivity index (χ1n) is 10.7. The lowest BCUT2D eigenvalue weighted by molar-refractivity contribution is -0.155. The van der Waals surface area contributed by atoms with Gasteiger partial charge in [0, 0.05) is 23.8 Å². The first-order chi connectivity index (χ1) is 14.5. The standard InChI is InChI=1S/C25H32N2O3/c1-4-20-14-27(15-21(20)5-2)16-22-13-18(3)23(26-22)11-12-24(28)25(29)30-17-19-9-7-6-8-10-19/h6-10,13-15,24,26,28H,4-5,11-12,16-17H2,1-3H3. The van der Waals surface area contributed by atoms with Gasteiger partial charge in [-0.2, -0.15) is 0 Å². The Labute approximate surface area is 178 Å². The first-order valence-corrected chi connectivity index (χ1v) is 10.7. The number of benzene rings is 1. The summed E-state index contributed by atoms with van der Waals surface area (Å²) in [5.41, 5.74) is 7.04. The van der Waals surface area contributed by atoms with Crippen LogP contribution < -0.4 is 0 Å². The number of carbonyl (C=O) groups is 1. The Hall–Kier alpha value is -2.79. The molecule has 0 bridgehead atoms. The van der Waals surface area contributed by atoms with Gasteiger partial charge in [-0.3, -0.25) is 0 Å². The van der Waals surface area contributed by atoms with Gasteiger partial charge < -0.3 is 19.4 Å². The molecular formula is C25H32N2O3. The summed E-state index contributed by atoms with van der Waals surface area (Å²) in [6.07, 6.45) is 6.34. The molecule has 0 fully saturated rings. The Morgan fingerprint density at radius 1 is 1.13 bits per heavy atom. The number of carbonyl (C=O) groups excluding carboxylic acids is 1. The Balaban J connectivity index is 1.52. The number of nitrogens with zero attached hydrogens (tertiary/aromatic N) is 1. The van der Waals surface area contributed by atoms with Gasteiger partial charge in [0.2, 0.25) is 0 Å². The van der Waals surface area contributed by atoms with Crippen LogP contribution in [0.25, 0.3) is 0 Å². The van der Waals surface area contributed by atoms with Gasteiger partial charge in [0.1, 0.15) is 6.61 Å². The predicted molar refractivity (Wildman–Crippen MR) is 118 cm³/mol. The van der Waals surface area contributed by atoms with E-state index in [4.69, 9.17) is 4.74 Å². The first kappa shape index (κ1) is 21.9. The second kappa shape index (κ2) is 10.3. The highest BCUT2D eigenvalue weighted by molar-refractivity contribution is 5.74. The number of aliphatic hydroxyl groups excluding tert-OH is 1. The van der Waals surface area contributed by atoms with E-state index < -0.39 is 12.1 Å². The van der Waals surface area contributed by atoms with E-state index in [1.54, 1.807) is 0 Å². The molecule has 5 heteroatoms. The quantitative estimate of drug-likeness (QED) is 0.491. The number of H-pyrrole nitrogens is 1. The highest BCUT2D eigenvalue weighted by atomic mass is 16.5. The SMILES string of the molecule is CCc1cn(Cc2cc(C)c(CCC(O)C(=O)OCc3ccccc3)[nH]2)cc1CC. The molecule has 2 heterocycles. The van der Waals surface area contributed by atoms with Crippen LogP contribution in [0.4, 0.5) is 0 Å². The summed E-state index contributed by atoms with van der Waals surface area (Å²) in [6.45, 7) is 7.39. The number of nitrogens with one attached hydrogen (secondary N) is 1. The molecule has 2 aromatic heterocycles. The van der Waals surface area contributed by atoms with Crippen molar-refractivity contribution in [1.82, 2.24) is 9.55 Å². The molecule has 0 spiro atoms. The van der Waals surface area contributed by atoms with Gasteiger partial charge in [0.25, 0.3) is 0 Å². The second-order valence-corrected chi connectivity index (χ2v) is 7.79. The van der Waals surface area contributed by atoms with Crippen molar-refractivity contribution >= 4 is 5.97 Å². The number of ether oxygens (including phenoxy) is 1. The highest BCUT2D eigenvalue weighted by Crippen LogP contribution is 2.17. The molecule has 0 amide bonds. The largest absolute Gasteiger partial charge is 0.459 e. The van der Waals surface area contributed by atoms with Crippen molar-refractivity contribution in [2.24, 2.45) is 0 Å². The van der Waals surface area contributed by atoms with E-state index in [1.807, 2.05) is 30.3 Å². The summed E-state index contributed by atoms with van der Waals surface area (Å²) < 4.78 is 7.45. The maximum absolute atomic E-state index is 12.1. The molecule has 0 saturated carbocycles. The minimum Gasteiger partial charge on any atom is -0.459 e. The summed E-state index contributed by atoms with van der Waals surface area (Å²) >= 11 is 0. The van der Waals surface area contributed by atoms with E-state index in [2.05, 4.69) is 48.8 Å². The third-order valence-electron chi connectivity index (χ3n) is 5.51. The lowest BCUT2D eigenvalue weighted by Crippen LogP contribution is -2.23. The van der Waals surface area contributed by atoms with E-state index in [9.17, 15) is 9.90 Å². The molecular weight excluding hydrogens is 376 g/mol. The summed E-state index contributed by atoms with van der Waals surface area (Å²) in [6, 6.07) is 11.6. The number of hydrogen-bond acceptors (Lipinski definition) is 3. The lowest BCUT2D eigenvalue weighted by Gasteiger charge is -2.10. The van der Waals surface area contributed by atoms with E-state index in [1.165, 1.54) is 11.1 Å². The fraction of sp³-hybridized carbons (Fsp3) is 0.400. The third kappa shape index (κ3) is 5.63. The summed E-state index contributed by atoms with van der Waals surface area (Å²) in [5, 5.41) is 10.2. The second-order valence-electron chi connectivity index (χ2n) is 7.79. The fourth-order valence-corrected chi connectivity index (χ4v) is 3.77. The van der Waals surface area contributed by atoms with E-state index in [0.29, 0.717) is 12.8 Å². The summed E-state index contributed by atoms with van der Waals surface area (Å²) in [7, 11) is 0. The molecule has 1 atom stereocenters. The van der Waals surface area contributed by atoms with Crippen molar-refractivity contribution in [2.75, 3.05) is 0 Å². The topological polar surface area (TPSA) is 67.2 Å². The van der Waals surface area contributed by atoms with Gasteiger partial charge in [-0.05, 0) is 60.9 Å². The lowest BCUT2D eigenvalue weighted by atomic mass is 10.1. The van der Waals surface area contributed by atoms with Crippen molar-refractivity contribution in [3.63, 3.8) is 0 Å². The van der Waals surface area contributed by atoms with Crippen LogP contribution in [0.5, 0.6) is 0 Å². The minimum atomic E-state index is -1.12. The van der Waals surface area contributed by atoms with Crippen LogP contribution in [-0.4, -0.2) is 26.7 Å². The highest BCUT2D eigenvalue weighted by Gasteiger charge is 2.18. The molecule has 3 rings (SSSR count). The molecule has 30 heavy (non-hydrogen) atoms. The van der Waals surface area contributed by atoms with Crippen LogP contribution in [-0.2, 0) is 41.9 Å². The number of aromatic nitrogens is 2. The average Bonchev–Trinajstić information content (AvgIpc) is 3.32. The van der Waals surface area contributed by atoms with Gasteiger partial charge in [-0.15, -0.1) is 0 Å². The van der Waals surface area contributed by atoms with Crippen LogP contribution in [0.1, 0.15) is 53.9 Å². The fourth-order valence-electron chi connectivity index (χ4n) is 3.77. The van der Waals surface area contributed by atoms with Gasteiger partial charge in [-0.1, -0.05) is 44.2 Å². The molecule has 0 aliphatic rings. The number of aromatic amines is 1. The Bertz CT molecular complexity index is 935. The molecule has 160 valence electrons. The molecule has 2 N–H and O–H groups in total. The van der Waals surface area contributed by atoms with Gasteiger partial charge in [-0.25, -0.2) is 4.79 Å². The molecule has 3 aromatic rings. The van der Waals surface area contributed by atoms with E-state index in [-0.39, 0.29) is 6.61 Å². The molecule has 0 aliphatic carbocycles. The molecule has 1 unspecified atom stereocenters. The van der Waals surface area contributed by atoms with Crippen LogP contribution in [0.3, 0.4) is 0 Å². The van der Waals surface area contributed by atoms with Crippen LogP contribution in [0.15, 0.2) is 48.8 Å². The van der Waals surface area contributed by atoms with Crippen LogP contribution in [0, 0.1) is 6.92 Å². The van der Waals surface area contributed by atoms with Crippen molar-refractivity contribution in [3.8, 4) is 0 Å². The zero-order valence-electron chi connectivity index (χ0n) is 18.1. The summed E-state index contributed by atoms with van der Waals surface area (Å²) in [5.74, 6) is -0.574. The van der Waals surface area contributed by atoms with Crippen molar-refractivity contribution in [1.29, 1.82) is 0 Å². The van der Waals surface area contributed by atoms with Crippen molar-refractivity contribution < 1.29 is 14.6 Å². The summed E-state index contributed by atoms with van der Waals surface area (Å²) in [4.78, 5) is 15.5. The maximum atomic E-state index is 12.1. The number of aliphatic hydroxyl groups is 1. The van der Waals surface area contributed by atoms with Crippen LogP contribution in [0.2, 0.25) is 0 Å². The van der Waals surface area contributed by atoms with Gasteiger partial charge >= 0.3 is 5.97 Å². The van der Waals surface area contributed by atoms with Crippen molar-refractivity contribution in [3.05, 3.63) is 82.4 Å². The molecule has 0 radical (unpaired) electrons. The normalized spacial score (nSPS) is 12.1. The number of rotatable bonds is 10. The average molecular weight is 409 g/mol. The Morgan fingerprint density at radius 3 is 2.43 bits per heavy atom. The zero-order chi connectivity index (χ0) is 21.5. The Kier molecular flexibility index (Phi) is 7.52. The molecule has 1 aromatic carbocycles. The van der Waals surface area contributed by atoms with Crippen LogP contribution >= 0.6 is 0 Å². The molecule has 5 nitrogen and oxygen atoms in total. The van der Waals surface area contributed by atoms with Gasteiger partial charge in [0.05, 0.1) is 6.54 Å². The Morgan fingerprint density at radius 2 is 1.80 bits per heavy atom. The molecule has 0 aliphatic heterocycles. The molecule has 0 saturated heterocycles. The monoisotopic (exact) mass is 408 g/mol. The number of hydrogen-bond donors (Lipinski definition) is 2. The minimum absolute atomic E-state index is 0.179. The third-order valence-corrected chi connectivity index (χ3v) is 5.51. The smallest absolute Gasteiger partial charge is 0.335 e. The van der Waals surface area contributed by atoms with Crippen molar-refractivity contribution in [2.45, 2.75) is 65.7 Å². The number of aryl methyl sites for hydroxylation is 4. The zero-order valence-corrected chi connectivity index (χ0v) is 18.1.